The fourth-order valence-electron chi connectivity index (χ4n) is 2.36. The lowest BCUT2D eigenvalue weighted by Crippen LogP contribution is -2.27. The van der Waals surface area contributed by atoms with Crippen molar-refractivity contribution in [1.29, 1.82) is 0 Å². The highest BCUT2D eigenvalue weighted by Gasteiger charge is 2.33. The first-order valence-electron chi connectivity index (χ1n) is 7.26. The van der Waals surface area contributed by atoms with Crippen LogP contribution in [0.3, 0.4) is 0 Å². The molecule has 3 rings (SSSR count). The monoisotopic (exact) mass is 450 g/mol. The molecule has 0 N–H and O–H groups in total. The van der Waals surface area contributed by atoms with Crippen LogP contribution in [0.1, 0.15) is 5.56 Å². The number of methoxy groups -OCH3 is 1. The van der Waals surface area contributed by atoms with Gasteiger partial charge in [-0.2, -0.15) is 0 Å². The molecule has 0 radical (unpaired) electrons. The Kier molecular flexibility index (Phi) is 5.40. The van der Waals surface area contributed by atoms with Gasteiger partial charge in [-0.15, -0.1) is 0 Å². The van der Waals surface area contributed by atoms with E-state index in [4.69, 9.17) is 17.0 Å². The number of thiocarbonyl (C=S) groups is 1. The maximum Gasteiger partial charge on any atom is 0.271 e. The smallest absolute Gasteiger partial charge is 0.271 e. The van der Waals surface area contributed by atoms with Crippen molar-refractivity contribution in [3.8, 4) is 5.75 Å². The summed E-state index contributed by atoms with van der Waals surface area (Å²) in [6.07, 6.45) is 1.72. The summed E-state index contributed by atoms with van der Waals surface area (Å²) in [5.41, 5.74) is 1.08. The van der Waals surface area contributed by atoms with E-state index in [1.54, 1.807) is 25.3 Å². The van der Waals surface area contributed by atoms with Crippen LogP contribution in [0.2, 0.25) is 0 Å². The molecule has 0 spiro atoms. The number of ether oxygens (including phenoxy) is 1. The summed E-state index contributed by atoms with van der Waals surface area (Å²) in [6, 6.07) is 11.3. The van der Waals surface area contributed by atoms with Gasteiger partial charge >= 0.3 is 0 Å². The molecule has 9 heteroatoms. The summed E-state index contributed by atoms with van der Waals surface area (Å²) in [5, 5.41) is 11.0. The number of thioether (sulfide) groups is 1. The van der Waals surface area contributed by atoms with Gasteiger partial charge in [0.1, 0.15) is 5.75 Å². The van der Waals surface area contributed by atoms with Gasteiger partial charge in [-0.25, -0.2) is 0 Å². The minimum absolute atomic E-state index is 0.0976. The number of hydrogen-bond donors (Lipinski definition) is 0. The predicted octanol–water partition coefficient (Wildman–Crippen LogP) is 4.77. The number of rotatable bonds is 4. The summed E-state index contributed by atoms with van der Waals surface area (Å²) in [4.78, 5) is 24.9. The highest BCUT2D eigenvalue weighted by molar-refractivity contribution is 9.10. The van der Waals surface area contributed by atoms with E-state index in [0.717, 1.165) is 21.8 Å². The summed E-state index contributed by atoms with van der Waals surface area (Å²) < 4.78 is 6.28. The number of carbonyl (C=O) groups is 1. The summed E-state index contributed by atoms with van der Waals surface area (Å²) in [7, 11) is 1.57. The minimum Gasteiger partial charge on any atom is -0.496 e. The van der Waals surface area contributed by atoms with Crippen molar-refractivity contribution in [2.45, 2.75) is 0 Å². The van der Waals surface area contributed by atoms with Gasteiger partial charge in [0.2, 0.25) is 0 Å². The normalized spacial score (nSPS) is 15.6. The number of non-ortho nitro benzene ring substituents is 1. The van der Waals surface area contributed by atoms with Crippen LogP contribution >= 0.6 is 39.9 Å². The molecule has 6 nitrogen and oxygen atoms in total. The largest absolute Gasteiger partial charge is 0.496 e. The molecular weight excluding hydrogens is 440 g/mol. The minimum atomic E-state index is -0.508. The fraction of sp³-hybridized carbons (Fsp3) is 0.0588. The molecule has 0 unspecified atom stereocenters. The highest BCUT2D eigenvalue weighted by Crippen LogP contribution is 2.37. The molecule has 1 saturated heterocycles. The Morgan fingerprint density at radius 1 is 1.31 bits per heavy atom. The van der Waals surface area contributed by atoms with Crippen LogP contribution < -0.4 is 9.64 Å². The zero-order valence-corrected chi connectivity index (χ0v) is 16.6. The van der Waals surface area contributed by atoms with Crippen LogP contribution in [0.4, 0.5) is 11.4 Å². The molecule has 0 aromatic heterocycles. The van der Waals surface area contributed by atoms with Crippen LogP contribution in [-0.4, -0.2) is 22.3 Å². The van der Waals surface area contributed by atoms with Crippen molar-refractivity contribution in [1.82, 2.24) is 0 Å². The van der Waals surface area contributed by atoms with Gasteiger partial charge in [-0.05, 0) is 45.8 Å². The van der Waals surface area contributed by atoms with Crippen molar-refractivity contribution in [2.24, 2.45) is 0 Å². The number of nitro groups is 1. The van der Waals surface area contributed by atoms with E-state index in [0.29, 0.717) is 20.7 Å². The lowest BCUT2D eigenvalue weighted by atomic mass is 10.2. The van der Waals surface area contributed by atoms with Crippen LogP contribution in [0, 0.1) is 10.1 Å². The maximum atomic E-state index is 12.8. The summed E-state index contributed by atoms with van der Waals surface area (Å²) in [6.45, 7) is 0. The molecule has 1 aliphatic heterocycles. The molecule has 2 aromatic rings. The Labute approximate surface area is 167 Å². The van der Waals surface area contributed by atoms with Crippen molar-refractivity contribution in [3.63, 3.8) is 0 Å². The number of halogens is 1. The number of nitrogens with zero attached hydrogens (tertiary/aromatic N) is 2. The van der Waals surface area contributed by atoms with Crippen LogP contribution in [-0.2, 0) is 4.79 Å². The van der Waals surface area contributed by atoms with Gasteiger partial charge in [-0.1, -0.05) is 36.1 Å². The molecule has 0 atom stereocenters. The lowest BCUT2D eigenvalue weighted by Gasteiger charge is -2.13. The Bertz CT molecular complexity index is 962. The Hall–Kier alpha value is -2.23. The van der Waals surface area contributed by atoms with Crippen LogP contribution in [0.5, 0.6) is 5.75 Å². The van der Waals surface area contributed by atoms with Crippen molar-refractivity contribution in [2.75, 3.05) is 12.0 Å². The third-order valence-electron chi connectivity index (χ3n) is 3.57. The fourth-order valence-corrected chi connectivity index (χ4v) is 4.22. The number of nitro benzene ring substituents is 1. The molecular formula is C17H11BrN2O4S2. The molecule has 1 amide bonds. The SMILES string of the molecule is COc1ccc(/C=C2\SC(=S)N(c3cccc([N+](=O)[O-])c3)C2=O)cc1Br. The average molecular weight is 451 g/mol. The van der Waals surface area contributed by atoms with Crippen LogP contribution in [0.15, 0.2) is 51.8 Å². The zero-order valence-electron chi connectivity index (χ0n) is 13.3. The molecule has 2 aromatic carbocycles. The summed E-state index contributed by atoms with van der Waals surface area (Å²) in [5.74, 6) is 0.374. The number of carbonyl (C=O) groups excluding carboxylic acids is 1. The predicted molar refractivity (Wildman–Crippen MR) is 109 cm³/mol. The second kappa shape index (κ2) is 7.56. The topological polar surface area (TPSA) is 72.7 Å². The first kappa shape index (κ1) is 18.6. The number of hydrogen-bond acceptors (Lipinski definition) is 6. The van der Waals surface area contributed by atoms with Crippen molar-refractivity contribution in [3.05, 3.63) is 67.5 Å². The molecule has 1 aliphatic rings. The van der Waals surface area contributed by atoms with Gasteiger partial charge in [0, 0.05) is 12.1 Å². The Morgan fingerprint density at radius 3 is 2.73 bits per heavy atom. The first-order chi connectivity index (χ1) is 12.4. The second-order valence-corrected chi connectivity index (χ2v) is 7.72. The standard InChI is InChI=1S/C17H11BrN2O4S2/c1-24-14-6-5-10(7-13(14)18)8-15-16(21)19(17(25)26-15)11-3-2-4-12(9-11)20(22)23/h2-9H,1H3/b15-8-. The van der Waals surface area contributed by atoms with Crippen molar-refractivity contribution >= 4 is 67.6 Å². The quantitative estimate of drug-likeness (QED) is 0.289. The first-order valence-corrected chi connectivity index (χ1v) is 9.28. The lowest BCUT2D eigenvalue weighted by molar-refractivity contribution is -0.384. The highest BCUT2D eigenvalue weighted by atomic mass is 79.9. The van der Waals surface area contributed by atoms with Gasteiger partial charge in [-0.3, -0.25) is 19.8 Å². The maximum absolute atomic E-state index is 12.8. The molecule has 1 fully saturated rings. The molecule has 0 bridgehead atoms. The molecule has 1 heterocycles. The van der Waals surface area contributed by atoms with E-state index < -0.39 is 4.92 Å². The van der Waals surface area contributed by atoms with Gasteiger partial charge in [0.05, 0.1) is 27.1 Å². The van der Waals surface area contributed by atoms with Gasteiger partial charge < -0.3 is 4.74 Å². The average Bonchev–Trinajstić information content (AvgIpc) is 2.88. The third kappa shape index (κ3) is 3.64. The van der Waals surface area contributed by atoms with E-state index in [-0.39, 0.29) is 11.6 Å². The van der Waals surface area contributed by atoms with Gasteiger partial charge in [0.15, 0.2) is 4.32 Å². The number of amides is 1. The number of anilines is 1. The summed E-state index contributed by atoms with van der Waals surface area (Å²) >= 11 is 9.86. The third-order valence-corrected chi connectivity index (χ3v) is 5.49. The number of benzene rings is 2. The van der Waals surface area contributed by atoms with Gasteiger partial charge in [0.25, 0.3) is 11.6 Å². The molecule has 132 valence electrons. The van der Waals surface area contributed by atoms with E-state index in [1.165, 1.54) is 23.1 Å². The van der Waals surface area contributed by atoms with Crippen LogP contribution in [0.25, 0.3) is 6.08 Å². The van der Waals surface area contributed by atoms with E-state index in [2.05, 4.69) is 15.9 Å². The van der Waals surface area contributed by atoms with Crippen molar-refractivity contribution < 1.29 is 14.5 Å². The van der Waals surface area contributed by atoms with E-state index >= 15 is 0 Å². The Balaban J connectivity index is 1.93. The molecule has 0 aliphatic carbocycles. The second-order valence-electron chi connectivity index (χ2n) is 5.19. The molecule has 26 heavy (non-hydrogen) atoms. The van der Waals surface area contributed by atoms with E-state index in [9.17, 15) is 14.9 Å². The molecule has 0 saturated carbocycles. The van der Waals surface area contributed by atoms with E-state index in [1.807, 2.05) is 12.1 Å². The zero-order chi connectivity index (χ0) is 18.8. The Morgan fingerprint density at radius 2 is 2.08 bits per heavy atom.